The van der Waals surface area contributed by atoms with Crippen molar-refractivity contribution in [1.82, 2.24) is 25.5 Å². The highest BCUT2D eigenvalue weighted by atomic mass is 32.2. The number of ether oxygens (including phenoxy) is 2. The highest BCUT2D eigenvalue weighted by Crippen LogP contribution is 2.48. The van der Waals surface area contributed by atoms with Gasteiger partial charge in [0.1, 0.15) is 38.9 Å². The third-order valence-corrected chi connectivity index (χ3v) is 15.6. The number of fused-ring (bicyclic) bond motifs is 1. The molecule has 2 saturated heterocycles. The van der Waals surface area contributed by atoms with Crippen molar-refractivity contribution in [3.8, 4) is 0 Å². The molecule has 16 nitrogen and oxygen atoms in total. The van der Waals surface area contributed by atoms with Crippen LogP contribution >= 0.6 is 46.6 Å². The lowest BCUT2D eigenvalue weighted by molar-refractivity contribution is -0.151. The van der Waals surface area contributed by atoms with Crippen LogP contribution in [0.3, 0.4) is 0 Å². The smallest absolute Gasteiger partial charge is 0.413 e. The van der Waals surface area contributed by atoms with Gasteiger partial charge >= 0.3 is 18.2 Å². The van der Waals surface area contributed by atoms with E-state index in [-0.39, 0.29) is 29.5 Å². The number of carboxylic acid groups (broad SMARTS) is 1. The molecule has 2 aromatic heterocycles. The summed E-state index contributed by atoms with van der Waals surface area (Å²) in [6.07, 6.45) is -1.26. The highest BCUT2D eigenvalue weighted by molar-refractivity contribution is 8.06. The van der Waals surface area contributed by atoms with Crippen molar-refractivity contribution in [2.45, 2.75) is 84.5 Å². The maximum atomic E-state index is 14.7. The van der Waals surface area contributed by atoms with Crippen LogP contribution < -0.4 is 16.0 Å². The Morgan fingerprint density at radius 1 is 0.841 bits per heavy atom. The molecule has 3 atom stereocenters. The minimum absolute atomic E-state index is 0.0168. The van der Waals surface area contributed by atoms with Gasteiger partial charge in [-0.2, -0.15) is 11.8 Å². The Bertz CT molecular complexity index is 2570. The molecular formula is C49H53N7O9S4. The molecule has 4 heterocycles. The molecule has 2 aliphatic rings. The van der Waals surface area contributed by atoms with E-state index in [2.05, 4.69) is 31.1 Å². The van der Waals surface area contributed by atoms with Crippen LogP contribution in [0.15, 0.2) is 124 Å². The number of nitrogens with one attached hydrogen (secondary N) is 3. The summed E-state index contributed by atoms with van der Waals surface area (Å²) in [5, 5.41) is 22.9. The van der Waals surface area contributed by atoms with Gasteiger partial charge in [-0.1, -0.05) is 114 Å². The number of β-lactam (4-membered cyclic amide) rings is 1. The number of anilines is 1. The van der Waals surface area contributed by atoms with Crippen LogP contribution in [0.25, 0.3) is 0 Å². The van der Waals surface area contributed by atoms with E-state index in [9.17, 15) is 29.1 Å². The normalized spacial score (nSPS) is 18.3. The van der Waals surface area contributed by atoms with Crippen LogP contribution in [0.2, 0.25) is 0 Å². The number of carbonyl (C=O) groups excluding carboxylic acids is 4. The molecule has 7 rings (SSSR count). The van der Waals surface area contributed by atoms with Gasteiger partial charge in [-0.25, -0.2) is 19.6 Å². The highest BCUT2D eigenvalue weighted by Gasteiger charge is 2.58. The van der Waals surface area contributed by atoms with Crippen LogP contribution in [-0.4, -0.2) is 108 Å². The predicted octanol–water partition coefficient (Wildman–Crippen LogP) is 8.37. The molecule has 2 aliphatic heterocycles. The number of thiazole rings is 1. The molecule has 0 aliphatic carbocycles. The molecule has 69 heavy (non-hydrogen) atoms. The second kappa shape index (κ2) is 21.7. The molecule has 0 saturated carbocycles. The number of aromatic nitrogens is 2. The standard InChI is InChI=1S/C49H53N7O9S4/c1-46(2,3)63-44(61)50-25-26-66-27-35-42(68-30-51-35)69-48(43(59)60)28-56-40(58)38(41(56)67-29-48)54-39(57)37(34-23-16-24-36(52-34)53-45(62)64-47(4,5)6)55-65-49(31-17-10-7-11-18-31,32-19-12-8-13-20-32)33-21-14-9-15-22-33/h7-24,30,38,41H,25-29H2,1-6H3,(H,50,61)(H,54,57)(H,59,60)(H,52,53,62)/t38-,41-,48?/m1/s1. The summed E-state index contributed by atoms with van der Waals surface area (Å²) < 4.78 is 10.1. The van der Waals surface area contributed by atoms with Crippen LogP contribution in [0.4, 0.5) is 15.4 Å². The number of thioether (sulfide) groups is 3. The minimum Gasteiger partial charge on any atom is -0.480 e. The first-order chi connectivity index (χ1) is 32.9. The van der Waals surface area contributed by atoms with Crippen molar-refractivity contribution in [3.05, 3.63) is 143 Å². The maximum Gasteiger partial charge on any atom is 0.413 e. The zero-order valence-corrected chi connectivity index (χ0v) is 42.1. The van der Waals surface area contributed by atoms with E-state index >= 15 is 0 Å². The molecule has 4 N–H and O–H groups in total. The molecule has 2 fully saturated rings. The zero-order valence-electron chi connectivity index (χ0n) is 38.8. The Morgan fingerprint density at radius 3 is 2.01 bits per heavy atom. The van der Waals surface area contributed by atoms with Gasteiger partial charge in [-0.15, -0.1) is 23.1 Å². The largest absolute Gasteiger partial charge is 0.480 e. The van der Waals surface area contributed by atoms with Gasteiger partial charge < -0.3 is 35.0 Å². The quantitative estimate of drug-likeness (QED) is 0.0227. The van der Waals surface area contributed by atoms with E-state index in [0.29, 0.717) is 40.4 Å². The molecule has 4 amide bonds. The van der Waals surface area contributed by atoms with Gasteiger partial charge in [-0.3, -0.25) is 19.7 Å². The minimum atomic E-state index is -1.41. The number of rotatable bonds is 17. The van der Waals surface area contributed by atoms with E-state index in [1.807, 2.05) is 91.0 Å². The number of aliphatic carboxylic acids is 1. The first kappa shape index (κ1) is 50.8. The topological polar surface area (TPSA) is 211 Å². The summed E-state index contributed by atoms with van der Waals surface area (Å²) in [6, 6.07) is 32.0. The second-order valence-electron chi connectivity index (χ2n) is 17.9. The summed E-state index contributed by atoms with van der Waals surface area (Å²) in [5.41, 5.74) is 1.42. The average Bonchev–Trinajstić information content (AvgIpc) is 3.75. The van der Waals surface area contributed by atoms with Crippen molar-refractivity contribution in [1.29, 1.82) is 0 Å². The molecule has 1 unspecified atom stereocenters. The van der Waals surface area contributed by atoms with Crippen molar-refractivity contribution in [3.63, 3.8) is 0 Å². The Hall–Kier alpha value is -6.09. The maximum absolute atomic E-state index is 14.7. The first-order valence-corrected chi connectivity index (χ1v) is 25.8. The summed E-state index contributed by atoms with van der Waals surface area (Å²) in [6.45, 7) is 10.8. The van der Waals surface area contributed by atoms with E-state index in [1.165, 1.54) is 63.7 Å². The van der Waals surface area contributed by atoms with Gasteiger partial charge in [0.15, 0.2) is 5.71 Å². The molecule has 3 aromatic carbocycles. The number of benzene rings is 3. The number of nitrogens with zero attached hydrogens (tertiary/aromatic N) is 4. The lowest BCUT2D eigenvalue weighted by Crippen LogP contribution is -2.74. The fourth-order valence-corrected chi connectivity index (χ4v) is 12.4. The van der Waals surface area contributed by atoms with E-state index < -0.39 is 62.9 Å². The number of pyridine rings is 1. The molecule has 20 heteroatoms. The lowest BCUT2D eigenvalue weighted by atomic mass is 9.80. The lowest BCUT2D eigenvalue weighted by Gasteiger charge is -2.53. The Morgan fingerprint density at radius 2 is 1.43 bits per heavy atom. The Labute approximate surface area is 417 Å². The van der Waals surface area contributed by atoms with Crippen LogP contribution in [0, 0.1) is 0 Å². The molecular weight excluding hydrogens is 959 g/mol. The van der Waals surface area contributed by atoms with Crippen molar-refractivity contribution in [2.24, 2.45) is 5.16 Å². The zero-order chi connectivity index (χ0) is 49.4. The van der Waals surface area contributed by atoms with Gasteiger partial charge in [0.25, 0.3) is 5.91 Å². The van der Waals surface area contributed by atoms with Gasteiger partial charge in [-0.05, 0) is 53.7 Å². The number of oxime groups is 1. The van der Waals surface area contributed by atoms with E-state index in [4.69, 9.17) is 14.3 Å². The van der Waals surface area contributed by atoms with Crippen LogP contribution in [0.5, 0.6) is 0 Å². The van der Waals surface area contributed by atoms with Crippen molar-refractivity contribution >= 4 is 88.1 Å². The number of carbonyl (C=O) groups is 5. The summed E-state index contributed by atoms with van der Waals surface area (Å²) in [4.78, 5) is 84.0. The van der Waals surface area contributed by atoms with E-state index in [1.54, 1.807) is 53.1 Å². The fourth-order valence-electron chi connectivity index (χ4n) is 7.36. The number of alkyl carbamates (subject to hydrolysis) is 1. The number of carboxylic acids is 1. The predicted molar refractivity (Wildman–Crippen MR) is 270 cm³/mol. The fraction of sp³-hybridized carbons (Fsp3) is 0.347. The number of hydrogen-bond donors (Lipinski definition) is 4. The Kier molecular flexibility index (Phi) is 16.0. The first-order valence-electron chi connectivity index (χ1n) is 21.9. The number of amides is 4. The SMILES string of the molecule is CC(C)(C)OC(=O)NCCSCc1ncsc1SC1(C(=O)O)CS[C@@H]2[C@H](NC(=O)C(=NOC(c3ccccc3)(c3ccccc3)c3ccccc3)c3cccc(NC(=O)OC(C)(C)C)n3)C(=O)N2C1. The third kappa shape index (κ3) is 12.4. The van der Waals surface area contributed by atoms with Crippen molar-refractivity contribution in [2.75, 3.05) is 29.9 Å². The summed E-state index contributed by atoms with van der Waals surface area (Å²) in [5.74, 6) is -1.10. The monoisotopic (exact) mass is 1010 g/mol. The summed E-state index contributed by atoms with van der Waals surface area (Å²) in [7, 11) is 0. The van der Waals surface area contributed by atoms with Crippen LogP contribution in [-0.2, 0) is 40.0 Å². The van der Waals surface area contributed by atoms with Gasteiger partial charge in [0, 0.05) is 47.0 Å². The van der Waals surface area contributed by atoms with Gasteiger partial charge in [0.05, 0.1) is 15.4 Å². The molecule has 5 aromatic rings. The molecule has 0 spiro atoms. The second-order valence-corrected chi connectivity index (χ2v) is 22.7. The summed E-state index contributed by atoms with van der Waals surface area (Å²) >= 11 is 5.29. The van der Waals surface area contributed by atoms with Crippen molar-refractivity contribution < 1.29 is 43.4 Å². The average molecular weight is 1010 g/mol. The van der Waals surface area contributed by atoms with E-state index in [0.717, 1.165) is 4.21 Å². The Balaban J connectivity index is 1.13. The third-order valence-electron chi connectivity index (χ3n) is 10.4. The molecule has 362 valence electrons. The van der Waals surface area contributed by atoms with Gasteiger partial charge in [0.2, 0.25) is 11.5 Å². The molecule has 0 bridgehead atoms. The van der Waals surface area contributed by atoms with Crippen LogP contribution in [0.1, 0.15) is 69.6 Å². The number of hydrogen-bond acceptors (Lipinski definition) is 15. The molecule has 0 radical (unpaired) electrons.